The molecule has 1 N–H and O–H groups in total. The zero-order valence-corrected chi connectivity index (χ0v) is 10.4. The highest BCUT2D eigenvalue weighted by Crippen LogP contribution is 2.31. The molecule has 19 heavy (non-hydrogen) atoms. The average molecular weight is 260 g/mol. The molecule has 0 spiro atoms. The van der Waals surface area contributed by atoms with Crippen LogP contribution in [-0.4, -0.2) is 11.5 Å². The number of hydrogen-bond donors (Lipinski definition) is 1. The minimum Gasteiger partial charge on any atom is -0.370 e. The minimum atomic E-state index is -0.777. The molecule has 0 aliphatic carbocycles. The first-order chi connectivity index (χ1) is 9.25. The number of pyridine rings is 1. The Morgan fingerprint density at radius 1 is 1.16 bits per heavy atom. The van der Waals surface area contributed by atoms with Crippen molar-refractivity contribution in [3.05, 3.63) is 59.3 Å². The summed E-state index contributed by atoms with van der Waals surface area (Å²) in [6.07, 6.45) is 3.17. The number of halogens is 2. The molecular weight excluding hydrogens is 246 g/mol. The van der Waals surface area contributed by atoms with Gasteiger partial charge >= 0.3 is 0 Å². The maximum atomic E-state index is 13.9. The van der Waals surface area contributed by atoms with E-state index in [0.717, 1.165) is 23.9 Å². The average Bonchev–Trinajstić information content (AvgIpc) is 2.64. The second-order valence-corrected chi connectivity index (χ2v) is 4.77. The van der Waals surface area contributed by atoms with E-state index in [1.165, 1.54) is 0 Å². The molecule has 0 radical (unpaired) electrons. The monoisotopic (exact) mass is 260 g/mol. The van der Waals surface area contributed by atoms with Gasteiger partial charge in [0, 0.05) is 12.7 Å². The van der Waals surface area contributed by atoms with Crippen molar-refractivity contribution in [2.75, 3.05) is 11.9 Å². The second-order valence-electron chi connectivity index (χ2n) is 4.77. The van der Waals surface area contributed by atoms with Gasteiger partial charge in [-0.25, -0.2) is 13.8 Å². The fourth-order valence-electron chi connectivity index (χ4n) is 2.60. The summed E-state index contributed by atoms with van der Waals surface area (Å²) < 4.78 is 27.2. The van der Waals surface area contributed by atoms with Crippen LogP contribution in [-0.2, 0) is 6.42 Å². The lowest BCUT2D eigenvalue weighted by Gasteiger charge is -2.15. The molecular formula is C15H14F2N2. The fraction of sp³-hybridized carbons (Fsp3) is 0.267. The van der Waals surface area contributed by atoms with Gasteiger partial charge in [0.1, 0.15) is 5.82 Å². The van der Waals surface area contributed by atoms with Crippen LogP contribution in [0.2, 0.25) is 0 Å². The Morgan fingerprint density at radius 2 is 2.05 bits per heavy atom. The van der Waals surface area contributed by atoms with Crippen LogP contribution in [0.5, 0.6) is 0 Å². The Hall–Kier alpha value is -1.97. The normalized spacial score (nSPS) is 18.3. The summed E-state index contributed by atoms with van der Waals surface area (Å²) in [7, 11) is 0. The zero-order chi connectivity index (χ0) is 13.2. The van der Waals surface area contributed by atoms with Crippen LogP contribution in [0.3, 0.4) is 0 Å². The molecule has 1 aromatic heterocycles. The van der Waals surface area contributed by atoms with Crippen molar-refractivity contribution in [3.63, 3.8) is 0 Å². The van der Waals surface area contributed by atoms with Crippen molar-refractivity contribution in [1.29, 1.82) is 0 Å². The van der Waals surface area contributed by atoms with Crippen LogP contribution < -0.4 is 5.32 Å². The number of hydrogen-bond acceptors (Lipinski definition) is 2. The first kappa shape index (κ1) is 12.1. The summed E-state index contributed by atoms with van der Waals surface area (Å²) in [6, 6.07) is 8.24. The van der Waals surface area contributed by atoms with Crippen LogP contribution in [0.15, 0.2) is 36.5 Å². The Kier molecular flexibility index (Phi) is 3.15. The van der Waals surface area contributed by atoms with Crippen molar-refractivity contribution in [3.8, 4) is 0 Å². The minimum absolute atomic E-state index is 0.0198. The molecule has 0 saturated carbocycles. The first-order valence-corrected chi connectivity index (χ1v) is 6.37. The highest BCUT2D eigenvalue weighted by Gasteiger charge is 2.22. The van der Waals surface area contributed by atoms with Crippen molar-refractivity contribution in [1.82, 2.24) is 4.98 Å². The van der Waals surface area contributed by atoms with E-state index in [2.05, 4.69) is 10.3 Å². The van der Waals surface area contributed by atoms with E-state index < -0.39 is 11.6 Å². The molecule has 4 heteroatoms. The summed E-state index contributed by atoms with van der Waals surface area (Å²) in [4.78, 5) is 4.27. The lowest BCUT2D eigenvalue weighted by molar-refractivity contribution is 0.483. The van der Waals surface area contributed by atoms with E-state index >= 15 is 0 Å². The second kappa shape index (κ2) is 4.96. The van der Waals surface area contributed by atoms with Crippen molar-refractivity contribution >= 4 is 5.82 Å². The van der Waals surface area contributed by atoms with Gasteiger partial charge in [-0.15, -0.1) is 0 Å². The highest BCUT2D eigenvalue weighted by atomic mass is 19.2. The van der Waals surface area contributed by atoms with Gasteiger partial charge in [-0.3, -0.25) is 0 Å². The van der Waals surface area contributed by atoms with Crippen LogP contribution >= 0.6 is 0 Å². The number of benzene rings is 1. The van der Waals surface area contributed by atoms with E-state index in [0.29, 0.717) is 18.5 Å². The highest BCUT2D eigenvalue weighted by molar-refractivity contribution is 5.46. The van der Waals surface area contributed by atoms with Gasteiger partial charge in [-0.2, -0.15) is 0 Å². The van der Waals surface area contributed by atoms with Gasteiger partial charge in [-0.1, -0.05) is 18.2 Å². The lowest BCUT2D eigenvalue weighted by atomic mass is 9.90. The molecule has 0 saturated heterocycles. The van der Waals surface area contributed by atoms with Gasteiger partial charge < -0.3 is 5.32 Å². The quantitative estimate of drug-likeness (QED) is 0.848. The Bertz CT molecular complexity index is 598. The molecule has 2 aromatic rings. The van der Waals surface area contributed by atoms with Crippen LogP contribution in [0, 0.1) is 11.6 Å². The number of fused-ring (bicyclic) bond motifs is 1. The first-order valence-electron chi connectivity index (χ1n) is 6.37. The molecule has 0 amide bonds. The predicted octanol–water partition coefficient (Wildman–Crippen LogP) is 3.50. The van der Waals surface area contributed by atoms with E-state index in [-0.39, 0.29) is 5.92 Å². The van der Waals surface area contributed by atoms with Crippen LogP contribution in [0.1, 0.15) is 23.5 Å². The largest absolute Gasteiger partial charge is 0.370 e. The summed E-state index contributed by atoms with van der Waals surface area (Å²) in [5.74, 6) is -0.670. The predicted molar refractivity (Wildman–Crippen MR) is 70.1 cm³/mol. The number of rotatable bonds is 1. The summed E-state index contributed by atoms with van der Waals surface area (Å²) >= 11 is 0. The van der Waals surface area contributed by atoms with Crippen molar-refractivity contribution in [2.24, 2.45) is 0 Å². The maximum absolute atomic E-state index is 13.9. The molecule has 1 unspecified atom stereocenters. The van der Waals surface area contributed by atoms with Crippen LogP contribution in [0.4, 0.5) is 14.6 Å². The van der Waals surface area contributed by atoms with E-state index in [1.807, 2.05) is 12.1 Å². The standard InChI is InChI=1S/C15H14F2N2/c16-13-5-1-4-12(14(13)17)10-6-8-19-15-11(9-10)3-2-7-18-15/h1-5,7,10H,6,8-9H2,(H,18,19). The van der Waals surface area contributed by atoms with Crippen molar-refractivity contribution < 1.29 is 8.78 Å². The fourth-order valence-corrected chi connectivity index (χ4v) is 2.60. The summed E-state index contributed by atoms with van der Waals surface area (Å²) in [5.41, 5.74) is 1.51. The molecule has 2 heterocycles. The van der Waals surface area contributed by atoms with E-state index in [4.69, 9.17) is 0 Å². The number of nitrogens with zero attached hydrogens (tertiary/aromatic N) is 1. The summed E-state index contributed by atoms with van der Waals surface area (Å²) in [6.45, 7) is 0.713. The third kappa shape index (κ3) is 2.30. The Labute approximate surface area is 110 Å². The van der Waals surface area contributed by atoms with Gasteiger partial charge in [0.15, 0.2) is 11.6 Å². The summed E-state index contributed by atoms with van der Waals surface area (Å²) in [5, 5.41) is 3.23. The van der Waals surface area contributed by atoms with Gasteiger partial charge in [0.2, 0.25) is 0 Å². The molecule has 1 atom stereocenters. The van der Waals surface area contributed by atoms with E-state index in [9.17, 15) is 8.78 Å². The Morgan fingerprint density at radius 3 is 2.95 bits per heavy atom. The molecule has 3 rings (SSSR count). The molecule has 1 aromatic carbocycles. The SMILES string of the molecule is Fc1cccc(C2CCNc3ncccc3C2)c1F. The van der Waals surface area contributed by atoms with E-state index in [1.54, 1.807) is 18.3 Å². The molecule has 0 bridgehead atoms. The van der Waals surface area contributed by atoms with Gasteiger partial charge in [0.05, 0.1) is 0 Å². The molecule has 98 valence electrons. The van der Waals surface area contributed by atoms with Crippen molar-refractivity contribution in [2.45, 2.75) is 18.8 Å². The molecule has 1 aliphatic heterocycles. The molecule has 1 aliphatic rings. The molecule has 2 nitrogen and oxygen atoms in total. The van der Waals surface area contributed by atoms with Gasteiger partial charge in [-0.05, 0) is 42.0 Å². The zero-order valence-electron chi connectivity index (χ0n) is 10.4. The Balaban J connectivity index is 1.96. The maximum Gasteiger partial charge on any atom is 0.162 e. The molecule has 0 fully saturated rings. The number of anilines is 1. The third-order valence-corrected chi connectivity index (χ3v) is 3.56. The van der Waals surface area contributed by atoms with Gasteiger partial charge in [0.25, 0.3) is 0 Å². The van der Waals surface area contributed by atoms with Crippen LogP contribution in [0.25, 0.3) is 0 Å². The topological polar surface area (TPSA) is 24.9 Å². The number of nitrogens with one attached hydrogen (secondary N) is 1. The lowest BCUT2D eigenvalue weighted by Crippen LogP contribution is -2.08. The smallest absolute Gasteiger partial charge is 0.162 e. The third-order valence-electron chi connectivity index (χ3n) is 3.56. The number of aromatic nitrogens is 1.